The molecular formula is C28H25ClF2N4O4. The molecule has 1 aliphatic rings. The van der Waals surface area contributed by atoms with E-state index >= 15 is 0 Å². The van der Waals surface area contributed by atoms with Crippen molar-refractivity contribution in [3.63, 3.8) is 0 Å². The van der Waals surface area contributed by atoms with E-state index in [1.54, 1.807) is 51.4 Å². The van der Waals surface area contributed by atoms with Gasteiger partial charge in [-0.15, -0.1) is 0 Å². The molecule has 4 aromatic heterocycles. The van der Waals surface area contributed by atoms with Crippen molar-refractivity contribution in [3.8, 4) is 17.3 Å². The van der Waals surface area contributed by atoms with Crippen LogP contribution in [0.4, 0.5) is 8.78 Å². The van der Waals surface area contributed by atoms with Crippen LogP contribution in [0.2, 0.25) is 5.02 Å². The third kappa shape index (κ3) is 5.09. The molecule has 4 aromatic rings. The van der Waals surface area contributed by atoms with Crippen molar-refractivity contribution < 1.29 is 18.6 Å². The third-order valence-electron chi connectivity index (χ3n) is 6.89. The fourth-order valence-electron chi connectivity index (χ4n) is 4.88. The van der Waals surface area contributed by atoms with E-state index in [0.717, 1.165) is 6.20 Å². The van der Waals surface area contributed by atoms with Crippen LogP contribution in [0.5, 0.6) is 5.75 Å². The van der Waals surface area contributed by atoms with Crippen molar-refractivity contribution in [2.24, 2.45) is 0 Å². The molecule has 8 nitrogen and oxygen atoms in total. The first kappa shape index (κ1) is 26.7. The molecule has 39 heavy (non-hydrogen) atoms. The van der Waals surface area contributed by atoms with E-state index in [9.17, 15) is 23.5 Å². The molecule has 0 bridgehead atoms. The lowest BCUT2D eigenvalue weighted by molar-refractivity contribution is -0.0316. The average molecular weight is 555 g/mol. The van der Waals surface area contributed by atoms with Gasteiger partial charge in [0.2, 0.25) is 0 Å². The Hall–Kier alpha value is -3.89. The first-order valence-electron chi connectivity index (χ1n) is 12.2. The number of pyridine rings is 4. The van der Waals surface area contributed by atoms with Gasteiger partial charge in [-0.2, -0.15) is 0 Å². The molecule has 0 atom stereocenters. The lowest BCUT2D eigenvalue weighted by atomic mass is 9.69. The Morgan fingerprint density at radius 2 is 1.87 bits per heavy atom. The molecule has 5 rings (SSSR count). The third-order valence-corrected chi connectivity index (χ3v) is 7.23. The van der Waals surface area contributed by atoms with E-state index in [0.29, 0.717) is 47.2 Å². The SMILES string of the molecule is Cc1cnc(-n2cccc(C3CC(C)(O)C3)c2=O)cc1-n1c(C)cc(OCc2ncc(F)cc2F)c(Cl)c1=O. The van der Waals surface area contributed by atoms with E-state index in [-0.39, 0.29) is 34.6 Å². The summed E-state index contributed by atoms with van der Waals surface area (Å²) in [6.45, 7) is 4.84. The predicted octanol–water partition coefficient (Wildman–Crippen LogP) is 4.53. The number of aromatic nitrogens is 4. The fraction of sp³-hybridized carbons (Fsp3) is 0.286. The molecule has 0 aromatic carbocycles. The summed E-state index contributed by atoms with van der Waals surface area (Å²) < 4.78 is 35.4. The number of ether oxygens (including phenoxy) is 1. The molecule has 0 amide bonds. The van der Waals surface area contributed by atoms with Crippen LogP contribution < -0.4 is 15.9 Å². The summed E-state index contributed by atoms with van der Waals surface area (Å²) in [5.74, 6) is -1.40. The van der Waals surface area contributed by atoms with Crippen LogP contribution >= 0.6 is 11.6 Å². The molecule has 1 N–H and O–H groups in total. The van der Waals surface area contributed by atoms with Crippen LogP contribution in [0.1, 0.15) is 48.2 Å². The van der Waals surface area contributed by atoms with E-state index in [1.165, 1.54) is 15.2 Å². The fourth-order valence-corrected chi connectivity index (χ4v) is 5.07. The normalized spacial score (nSPS) is 18.6. The van der Waals surface area contributed by atoms with Gasteiger partial charge in [-0.05, 0) is 51.2 Å². The van der Waals surface area contributed by atoms with Crippen LogP contribution in [0.3, 0.4) is 0 Å². The van der Waals surface area contributed by atoms with E-state index in [2.05, 4.69) is 9.97 Å². The lowest BCUT2D eigenvalue weighted by Crippen LogP contribution is -2.41. The number of halogens is 3. The molecule has 0 saturated heterocycles. The van der Waals surface area contributed by atoms with Crippen molar-refractivity contribution in [2.45, 2.75) is 51.7 Å². The van der Waals surface area contributed by atoms with Crippen LogP contribution in [0.25, 0.3) is 11.5 Å². The van der Waals surface area contributed by atoms with Gasteiger partial charge < -0.3 is 9.84 Å². The van der Waals surface area contributed by atoms with Crippen molar-refractivity contribution in [2.75, 3.05) is 0 Å². The maximum atomic E-state index is 14.0. The van der Waals surface area contributed by atoms with E-state index in [1.807, 2.05) is 0 Å². The van der Waals surface area contributed by atoms with Crippen molar-refractivity contribution >= 4 is 11.6 Å². The number of aryl methyl sites for hydroxylation is 2. The zero-order chi connectivity index (χ0) is 28.1. The standard InChI is InChI=1S/C28H25ClF2N4O4/c1-15-12-33-24(34-6-4-5-19(26(34)36)17-10-28(3,38)11-17)9-22(15)35-16(2)7-23(25(29)27(35)37)39-14-21-20(31)8-18(30)13-32-21/h4-9,12-13,17,38H,10-11,14H2,1-3H3. The quantitative estimate of drug-likeness (QED) is 0.376. The molecule has 0 spiro atoms. The second-order valence-electron chi connectivity index (χ2n) is 10.0. The zero-order valence-corrected chi connectivity index (χ0v) is 22.2. The zero-order valence-electron chi connectivity index (χ0n) is 21.4. The predicted molar refractivity (Wildman–Crippen MR) is 141 cm³/mol. The molecule has 11 heteroatoms. The summed E-state index contributed by atoms with van der Waals surface area (Å²) in [6, 6.07) is 7.36. The molecule has 4 heterocycles. The summed E-state index contributed by atoms with van der Waals surface area (Å²) >= 11 is 6.36. The summed E-state index contributed by atoms with van der Waals surface area (Å²) in [5.41, 5.74) is 0.441. The average Bonchev–Trinajstić information content (AvgIpc) is 2.86. The van der Waals surface area contributed by atoms with Gasteiger partial charge in [0, 0.05) is 41.9 Å². The smallest absolute Gasteiger partial charge is 0.277 e. The summed E-state index contributed by atoms with van der Waals surface area (Å²) in [6.07, 6.45) is 5.04. The second-order valence-corrected chi connectivity index (χ2v) is 10.4. The van der Waals surface area contributed by atoms with Gasteiger partial charge >= 0.3 is 0 Å². The maximum Gasteiger partial charge on any atom is 0.277 e. The Balaban J connectivity index is 1.50. The van der Waals surface area contributed by atoms with Crippen molar-refractivity contribution in [3.05, 3.63) is 109 Å². The van der Waals surface area contributed by atoms with Crippen LogP contribution in [-0.4, -0.2) is 29.8 Å². The Kier molecular flexibility index (Phi) is 6.86. The molecule has 1 aliphatic carbocycles. The molecular weight excluding hydrogens is 530 g/mol. The van der Waals surface area contributed by atoms with Gasteiger partial charge in [0.1, 0.15) is 34.7 Å². The van der Waals surface area contributed by atoms with E-state index in [4.69, 9.17) is 16.3 Å². The minimum absolute atomic E-state index is 0.0215. The molecule has 1 fully saturated rings. The van der Waals surface area contributed by atoms with Crippen LogP contribution in [-0.2, 0) is 6.61 Å². The molecule has 0 unspecified atom stereocenters. The number of aliphatic hydroxyl groups is 1. The minimum atomic E-state index is -0.877. The first-order valence-corrected chi connectivity index (χ1v) is 12.6. The number of hydrogen-bond acceptors (Lipinski definition) is 6. The molecule has 1 saturated carbocycles. The van der Waals surface area contributed by atoms with Crippen molar-refractivity contribution in [1.29, 1.82) is 0 Å². The Morgan fingerprint density at radius 1 is 1.13 bits per heavy atom. The number of nitrogens with zero attached hydrogens (tertiary/aromatic N) is 4. The van der Waals surface area contributed by atoms with Crippen LogP contribution in [0, 0.1) is 25.5 Å². The van der Waals surface area contributed by atoms with Gasteiger partial charge in [-0.3, -0.25) is 23.7 Å². The monoisotopic (exact) mass is 554 g/mol. The molecule has 202 valence electrons. The second kappa shape index (κ2) is 10.0. The van der Waals surface area contributed by atoms with Gasteiger partial charge in [-0.25, -0.2) is 13.8 Å². The summed E-state index contributed by atoms with van der Waals surface area (Å²) in [7, 11) is 0. The lowest BCUT2D eigenvalue weighted by Gasteiger charge is -2.40. The van der Waals surface area contributed by atoms with Gasteiger partial charge in [0.15, 0.2) is 5.82 Å². The Morgan fingerprint density at radius 3 is 2.56 bits per heavy atom. The Bertz CT molecular complexity index is 1710. The minimum Gasteiger partial charge on any atom is -0.485 e. The number of hydrogen-bond donors (Lipinski definition) is 1. The number of rotatable bonds is 6. The van der Waals surface area contributed by atoms with Gasteiger partial charge in [0.05, 0.1) is 17.5 Å². The topological polar surface area (TPSA) is 99.2 Å². The highest BCUT2D eigenvalue weighted by Gasteiger charge is 2.40. The summed E-state index contributed by atoms with van der Waals surface area (Å²) in [5, 5.41) is 9.88. The Labute approximate surface area is 227 Å². The maximum absolute atomic E-state index is 14.0. The van der Waals surface area contributed by atoms with Gasteiger partial charge in [0.25, 0.3) is 11.1 Å². The van der Waals surface area contributed by atoms with Crippen molar-refractivity contribution in [1.82, 2.24) is 19.1 Å². The molecule has 0 radical (unpaired) electrons. The first-order chi connectivity index (χ1) is 18.4. The highest BCUT2D eigenvalue weighted by Crippen LogP contribution is 2.43. The van der Waals surface area contributed by atoms with Gasteiger partial charge in [-0.1, -0.05) is 17.7 Å². The highest BCUT2D eigenvalue weighted by atomic mass is 35.5. The highest BCUT2D eigenvalue weighted by molar-refractivity contribution is 6.31. The summed E-state index contributed by atoms with van der Waals surface area (Å²) in [4.78, 5) is 34.7. The van der Waals surface area contributed by atoms with E-state index < -0.39 is 22.8 Å². The molecule has 0 aliphatic heterocycles. The largest absolute Gasteiger partial charge is 0.485 e. The van der Waals surface area contributed by atoms with Crippen LogP contribution in [0.15, 0.2) is 58.5 Å².